The van der Waals surface area contributed by atoms with E-state index in [1.54, 1.807) is 17.0 Å². The van der Waals surface area contributed by atoms with E-state index < -0.39 is 6.04 Å². The molecule has 1 aliphatic carbocycles. The Balaban J connectivity index is 1.75. The summed E-state index contributed by atoms with van der Waals surface area (Å²) < 4.78 is 0. The monoisotopic (exact) mass is 426 g/mol. The third-order valence-corrected chi connectivity index (χ3v) is 6.07. The molecule has 2 amide bonds. The molecule has 0 aliphatic heterocycles. The van der Waals surface area contributed by atoms with Gasteiger partial charge in [-0.2, -0.15) is 0 Å². The number of aryl methyl sites for hydroxylation is 1. The van der Waals surface area contributed by atoms with Crippen LogP contribution in [0, 0.1) is 6.92 Å². The van der Waals surface area contributed by atoms with Crippen molar-refractivity contribution in [3.8, 4) is 0 Å². The topological polar surface area (TPSA) is 49.4 Å². The van der Waals surface area contributed by atoms with Gasteiger partial charge in [-0.25, -0.2) is 0 Å². The average Bonchev–Trinajstić information content (AvgIpc) is 2.73. The molecule has 30 heavy (non-hydrogen) atoms. The number of carbonyl (C=O) groups excluding carboxylic acids is 2. The molecule has 1 fully saturated rings. The Labute approximate surface area is 184 Å². The quantitative estimate of drug-likeness (QED) is 0.672. The minimum atomic E-state index is -0.542. The van der Waals surface area contributed by atoms with Crippen molar-refractivity contribution in [3.63, 3.8) is 0 Å². The van der Waals surface area contributed by atoms with Gasteiger partial charge in [0.15, 0.2) is 0 Å². The largest absolute Gasteiger partial charge is 0.352 e. The molecule has 0 bridgehead atoms. The molecule has 1 N–H and O–H groups in total. The van der Waals surface area contributed by atoms with E-state index in [1.807, 2.05) is 50.2 Å². The summed E-state index contributed by atoms with van der Waals surface area (Å²) in [6, 6.07) is 15.1. The van der Waals surface area contributed by atoms with E-state index >= 15 is 0 Å². The van der Waals surface area contributed by atoms with Crippen molar-refractivity contribution in [3.05, 3.63) is 70.2 Å². The van der Waals surface area contributed by atoms with Crippen LogP contribution in [0.25, 0.3) is 0 Å². The Hall–Kier alpha value is -2.33. The summed E-state index contributed by atoms with van der Waals surface area (Å²) in [6.07, 6.45) is 5.80. The smallest absolute Gasteiger partial charge is 0.242 e. The first-order valence-corrected chi connectivity index (χ1v) is 11.2. The number of hydrogen-bond donors (Lipinski definition) is 1. The highest BCUT2D eigenvalue weighted by molar-refractivity contribution is 6.30. The minimum absolute atomic E-state index is 0.0755. The van der Waals surface area contributed by atoms with Gasteiger partial charge in [0.25, 0.3) is 0 Å². The highest BCUT2D eigenvalue weighted by atomic mass is 35.5. The van der Waals surface area contributed by atoms with E-state index in [0.717, 1.165) is 36.8 Å². The molecule has 0 spiro atoms. The number of nitrogens with one attached hydrogen (secondary N) is 1. The van der Waals surface area contributed by atoms with Crippen LogP contribution >= 0.6 is 11.6 Å². The Morgan fingerprint density at radius 3 is 2.43 bits per heavy atom. The molecule has 0 heterocycles. The average molecular weight is 427 g/mol. The first-order valence-electron chi connectivity index (χ1n) is 10.8. The van der Waals surface area contributed by atoms with Crippen LogP contribution in [0.3, 0.4) is 0 Å². The molecular formula is C25H31ClN2O2. The number of hydrogen-bond acceptors (Lipinski definition) is 2. The summed E-state index contributed by atoms with van der Waals surface area (Å²) >= 11 is 6.08. The zero-order chi connectivity index (χ0) is 21.5. The Kier molecular flexibility index (Phi) is 7.92. The van der Waals surface area contributed by atoms with Gasteiger partial charge >= 0.3 is 0 Å². The molecule has 4 nitrogen and oxygen atoms in total. The van der Waals surface area contributed by atoms with Crippen molar-refractivity contribution in [2.75, 3.05) is 0 Å². The Bertz CT molecular complexity index is 860. The molecule has 5 heteroatoms. The maximum absolute atomic E-state index is 13.2. The van der Waals surface area contributed by atoms with Gasteiger partial charge in [0.1, 0.15) is 6.04 Å². The summed E-state index contributed by atoms with van der Waals surface area (Å²) in [4.78, 5) is 27.9. The summed E-state index contributed by atoms with van der Waals surface area (Å²) in [5, 5.41) is 3.77. The molecule has 0 aromatic heterocycles. The second-order valence-electron chi connectivity index (χ2n) is 8.33. The van der Waals surface area contributed by atoms with E-state index in [-0.39, 0.29) is 24.3 Å². The standard InChI is InChI=1S/C25H31ClN2O2/c1-18-11-13-20(14-12-18)17-28(24(29)16-21-7-6-8-22(26)15-21)19(2)25(30)27-23-9-4-3-5-10-23/h6-8,11-15,19,23H,3-5,9-10,16-17H2,1-2H3,(H,27,30). The SMILES string of the molecule is Cc1ccc(CN(C(=O)Cc2cccc(Cl)c2)C(C)C(=O)NC2CCCCC2)cc1. The van der Waals surface area contributed by atoms with Gasteiger partial charge in [0.2, 0.25) is 11.8 Å². The van der Waals surface area contributed by atoms with Gasteiger partial charge in [-0.3, -0.25) is 9.59 Å². The fourth-order valence-electron chi connectivity index (χ4n) is 3.96. The number of nitrogens with zero attached hydrogens (tertiary/aromatic N) is 1. The number of halogens is 1. The summed E-state index contributed by atoms with van der Waals surface area (Å²) in [6.45, 7) is 4.26. The summed E-state index contributed by atoms with van der Waals surface area (Å²) in [7, 11) is 0. The van der Waals surface area contributed by atoms with Gasteiger partial charge in [0.05, 0.1) is 6.42 Å². The van der Waals surface area contributed by atoms with Gasteiger partial charge in [-0.05, 0) is 49.9 Å². The lowest BCUT2D eigenvalue weighted by atomic mass is 9.95. The predicted molar refractivity (Wildman–Crippen MR) is 121 cm³/mol. The molecule has 0 radical (unpaired) electrons. The summed E-state index contributed by atoms with van der Waals surface area (Å²) in [5.74, 6) is -0.155. The van der Waals surface area contributed by atoms with E-state index in [0.29, 0.717) is 11.6 Å². The van der Waals surface area contributed by atoms with Gasteiger partial charge in [-0.15, -0.1) is 0 Å². The number of amides is 2. The van der Waals surface area contributed by atoms with Crippen LogP contribution < -0.4 is 5.32 Å². The minimum Gasteiger partial charge on any atom is -0.352 e. The molecule has 160 valence electrons. The van der Waals surface area contributed by atoms with Crippen LogP contribution in [0.1, 0.15) is 55.7 Å². The number of rotatable bonds is 7. The fourth-order valence-corrected chi connectivity index (χ4v) is 4.18. The van der Waals surface area contributed by atoms with Gasteiger partial charge in [-0.1, -0.05) is 72.8 Å². The molecule has 1 atom stereocenters. The van der Waals surface area contributed by atoms with Gasteiger partial charge < -0.3 is 10.2 Å². The van der Waals surface area contributed by atoms with E-state index in [1.165, 1.54) is 12.0 Å². The van der Waals surface area contributed by atoms with Crippen LogP contribution in [0.2, 0.25) is 5.02 Å². The number of carbonyl (C=O) groups is 2. The highest BCUT2D eigenvalue weighted by Gasteiger charge is 2.28. The lowest BCUT2D eigenvalue weighted by molar-refractivity contribution is -0.140. The number of benzene rings is 2. The van der Waals surface area contributed by atoms with Crippen molar-refractivity contribution in [2.45, 2.75) is 71.0 Å². The van der Waals surface area contributed by atoms with Crippen molar-refractivity contribution in [1.82, 2.24) is 10.2 Å². The van der Waals surface area contributed by atoms with Crippen LogP contribution in [0.15, 0.2) is 48.5 Å². The lowest BCUT2D eigenvalue weighted by Crippen LogP contribution is -2.50. The lowest BCUT2D eigenvalue weighted by Gasteiger charge is -2.31. The van der Waals surface area contributed by atoms with Crippen LogP contribution in [0.4, 0.5) is 0 Å². The van der Waals surface area contributed by atoms with Crippen molar-refractivity contribution in [1.29, 1.82) is 0 Å². The first kappa shape index (κ1) is 22.4. The molecule has 3 rings (SSSR count). The van der Waals surface area contributed by atoms with Crippen LogP contribution in [-0.2, 0) is 22.6 Å². The second kappa shape index (κ2) is 10.6. The van der Waals surface area contributed by atoms with Gasteiger partial charge in [0, 0.05) is 17.6 Å². The zero-order valence-electron chi connectivity index (χ0n) is 17.9. The second-order valence-corrected chi connectivity index (χ2v) is 8.77. The maximum Gasteiger partial charge on any atom is 0.242 e. The van der Waals surface area contributed by atoms with Crippen LogP contribution in [0.5, 0.6) is 0 Å². The zero-order valence-corrected chi connectivity index (χ0v) is 18.6. The Morgan fingerprint density at radius 2 is 1.77 bits per heavy atom. The van der Waals surface area contributed by atoms with Crippen molar-refractivity contribution < 1.29 is 9.59 Å². The molecule has 2 aromatic rings. The first-order chi connectivity index (χ1) is 14.4. The fraction of sp³-hybridized carbons (Fsp3) is 0.440. The molecular weight excluding hydrogens is 396 g/mol. The van der Waals surface area contributed by atoms with E-state index in [9.17, 15) is 9.59 Å². The van der Waals surface area contributed by atoms with Crippen LogP contribution in [-0.4, -0.2) is 28.8 Å². The highest BCUT2D eigenvalue weighted by Crippen LogP contribution is 2.19. The maximum atomic E-state index is 13.2. The third-order valence-electron chi connectivity index (χ3n) is 5.84. The molecule has 1 aliphatic rings. The third kappa shape index (κ3) is 6.33. The van der Waals surface area contributed by atoms with E-state index in [4.69, 9.17) is 11.6 Å². The van der Waals surface area contributed by atoms with Crippen molar-refractivity contribution in [2.24, 2.45) is 0 Å². The van der Waals surface area contributed by atoms with E-state index in [2.05, 4.69) is 5.32 Å². The predicted octanol–water partition coefficient (Wildman–Crippen LogP) is 5.06. The molecule has 2 aromatic carbocycles. The molecule has 1 saturated carbocycles. The summed E-state index contributed by atoms with van der Waals surface area (Å²) in [5.41, 5.74) is 3.03. The Morgan fingerprint density at radius 1 is 1.07 bits per heavy atom. The van der Waals surface area contributed by atoms with Crippen molar-refractivity contribution >= 4 is 23.4 Å². The normalized spacial score (nSPS) is 15.4. The molecule has 1 unspecified atom stereocenters. The molecule has 0 saturated heterocycles.